The van der Waals surface area contributed by atoms with Crippen LogP contribution in [0, 0.1) is 0 Å². The van der Waals surface area contributed by atoms with E-state index in [2.05, 4.69) is 12.1 Å². The number of benzene rings is 3. The maximum absolute atomic E-state index is 6.48. The summed E-state index contributed by atoms with van der Waals surface area (Å²) in [5.74, 6) is 0.598. The van der Waals surface area contributed by atoms with Gasteiger partial charge in [-0.05, 0) is 16.7 Å². The fraction of sp³-hybridized carbons (Fsp3) is 0.345. The first kappa shape index (κ1) is 23.7. The van der Waals surface area contributed by atoms with Crippen molar-refractivity contribution in [3.63, 3.8) is 0 Å². The van der Waals surface area contributed by atoms with Gasteiger partial charge in [-0.15, -0.1) is 0 Å². The van der Waals surface area contributed by atoms with Crippen LogP contribution < -0.4 is 0 Å². The standard InChI is InChI=1S/C29H31NO5/c1-21-30-26-28(33-19-24-15-9-4-10-16-24)27(32-18-23-13-7-3-8-14-23)25(35-29(26)34-21)20-31-17-22-11-5-2-6-12-22/h2-16,25-29H,17-20H2,1H3/t25-,26-,27-,28-,29+/m1/s1. The molecule has 1 fully saturated rings. The van der Waals surface area contributed by atoms with E-state index in [4.69, 9.17) is 28.7 Å². The maximum Gasteiger partial charge on any atom is 0.227 e. The van der Waals surface area contributed by atoms with Crippen LogP contribution in [0.25, 0.3) is 0 Å². The van der Waals surface area contributed by atoms with Crippen molar-refractivity contribution in [2.45, 2.75) is 57.4 Å². The molecule has 6 nitrogen and oxygen atoms in total. The molecule has 3 aromatic rings. The molecule has 0 spiro atoms. The Morgan fingerprint density at radius 1 is 0.686 bits per heavy atom. The van der Waals surface area contributed by atoms with Crippen LogP contribution >= 0.6 is 0 Å². The lowest BCUT2D eigenvalue weighted by atomic mass is 9.97. The first-order chi connectivity index (χ1) is 17.3. The van der Waals surface area contributed by atoms with Crippen LogP contribution in [-0.2, 0) is 43.5 Å². The summed E-state index contributed by atoms with van der Waals surface area (Å²) in [5.41, 5.74) is 3.28. The van der Waals surface area contributed by atoms with Crippen molar-refractivity contribution in [2.24, 2.45) is 4.99 Å². The molecule has 0 N–H and O–H groups in total. The van der Waals surface area contributed by atoms with E-state index in [9.17, 15) is 0 Å². The predicted octanol–water partition coefficient (Wildman–Crippen LogP) is 4.92. The molecule has 0 radical (unpaired) electrons. The van der Waals surface area contributed by atoms with Gasteiger partial charge in [-0.1, -0.05) is 91.0 Å². The molecule has 2 aliphatic rings. The third-order valence-corrected chi connectivity index (χ3v) is 6.20. The fourth-order valence-corrected chi connectivity index (χ4v) is 4.46. The summed E-state index contributed by atoms with van der Waals surface area (Å²) in [7, 11) is 0. The van der Waals surface area contributed by atoms with Gasteiger partial charge >= 0.3 is 0 Å². The van der Waals surface area contributed by atoms with Gasteiger partial charge in [-0.3, -0.25) is 0 Å². The molecule has 0 unspecified atom stereocenters. The summed E-state index contributed by atoms with van der Waals surface area (Å²) < 4.78 is 31.3. The summed E-state index contributed by atoms with van der Waals surface area (Å²) >= 11 is 0. The highest BCUT2D eigenvalue weighted by atomic mass is 16.7. The van der Waals surface area contributed by atoms with Crippen LogP contribution in [0.15, 0.2) is 96.0 Å². The molecule has 0 bridgehead atoms. The van der Waals surface area contributed by atoms with Gasteiger partial charge in [0.2, 0.25) is 6.29 Å². The Hall–Kier alpha value is -3.03. The minimum absolute atomic E-state index is 0.301. The molecule has 2 aliphatic heterocycles. The number of nitrogens with zero attached hydrogens (tertiary/aromatic N) is 1. The minimum atomic E-state index is -0.516. The quantitative estimate of drug-likeness (QED) is 0.419. The van der Waals surface area contributed by atoms with Crippen LogP contribution in [-0.4, -0.2) is 43.1 Å². The smallest absolute Gasteiger partial charge is 0.227 e. The summed E-state index contributed by atoms with van der Waals surface area (Å²) in [4.78, 5) is 4.70. The van der Waals surface area contributed by atoms with Crippen LogP contribution in [0.2, 0.25) is 0 Å². The summed E-state index contributed by atoms with van der Waals surface area (Å²) in [5, 5.41) is 0. The van der Waals surface area contributed by atoms with Crippen molar-refractivity contribution < 1.29 is 23.7 Å². The molecule has 2 heterocycles. The van der Waals surface area contributed by atoms with Crippen molar-refractivity contribution in [2.75, 3.05) is 6.61 Å². The lowest BCUT2D eigenvalue weighted by molar-refractivity contribution is -0.261. The van der Waals surface area contributed by atoms with Gasteiger partial charge < -0.3 is 23.7 Å². The van der Waals surface area contributed by atoms with E-state index in [0.717, 1.165) is 16.7 Å². The number of ether oxygens (including phenoxy) is 5. The Balaban J connectivity index is 1.34. The van der Waals surface area contributed by atoms with E-state index in [-0.39, 0.29) is 24.4 Å². The number of rotatable bonds is 10. The monoisotopic (exact) mass is 473 g/mol. The first-order valence-corrected chi connectivity index (χ1v) is 12.1. The molecule has 5 rings (SSSR count). The lowest BCUT2D eigenvalue weighted by Gasteiger charge is -2.42. The van der Waals surface area contributed by atoms with Gasteiger partial charge in [0.1, 0.15) is 24.4 Å². The Labute approximate surface area is 206 Å². The SMILES string of the molecule is CC1=N[C@H]2[C@@H](O1)O[C@H](COCc1ccccc1)[C@@H](OCc1ccccc1)[C@@H]2OCc1ccccc1. The summed E-state index contributed by atoms with van der Waals surface area (Å²) in [6, 6.07) is 30.0. The molecule has 35 heavy (non-hydrogen) atoms. The number of fused-ring (bicyclic) bond motifs is 1. The Bertz CT molecular complexity index is 1080. The van der Waals surface area contributed by atoms with Crippen molar-refractivity contribution in [1.29, 1.82) is 0 Å². The number of aliphatic imine (C=N–C) groups is 1. The molecule has 0 saturated carbocycles. The fourth-order valence-electron chi connectivity index (χ4n) is 4.46. The molecular weight excluding hydrogens is 442 g/mol. The third-order valence-electron chi connectivity index (χ3n) is 6.20. The van der Waals surface area contributed by atoms with E-state index in [1.807, 2.05) is 85.8 Å². The highest BCUT2D eigenvalue weighted by molar-refractivity contribution is 5.75. The average Bonchev–Trinajstić information content (AvgIpc) is 3.28. The Morgan fingerprint density at radius 3 is 1.77 bits per heavy atom. The van der Waals surface area contributed by atoms with E-state index < -0.39 is 6.29 Å². The average molecular weight is 474 g/mol. The van der Waals surface area contributed by atoms with Crippen molar-refractivity contribution >= 4 is 5.90 Å². The Morgan fingerprint density at radius 2 is 1.20 bits per heavy atom. The molecule has 0 amide bonds. The van der Waals surface area contributed by atoms with E-state index in [0.29, 0.717) is 32.3 Å². The van der Waals surface area contributed by atoms with Gasteiger partial charge in [0.25, 0.3) is 0 Å². The molecule has 0 aliphatic carbocycles. The highest BCUT2D eigenvalue weighted by Crippen LogP contribution is 2.33. The molecule has 5 atom stereocenters. The first-order valence-electron chi connectivity index (χ1n) is 12.1. The number of hydrogen-bond donors (Lipinski definition) is 0. The zero-order valence-electron chi connectivity index (χ0n) is 19.9. The number of hydrogen-bond acceptors (Lipinski definition) is 6. The van der Waals surface area contributed by atoms with Gasteiger partial charge in [0.15, 0.2) is 5.90 Å². The largest absolute Gasteiger partial charge is 0.450 e. The normalized spacial score (nSPS) is 25.5. The van der Waals surface area contributed by atoms with Crippen molar-refractivity contribution in [3.8, 4) is 0 Å². The van der Waals surface area contributed by atoms with Crippen LogP contribution in [0.4, 0.5) is 0 Å². The second-order valence-corrected chi connectivity index (χ2v) is 8.82. The lowest BCUT2D eigenvalue weighted by Crippen LogP contribution is -2.59. The molecule has 3 aromatic carbocycles. The zero-order valence-corrected chi connectivity index (χ0v) is 19.9. The second kappa shape index (κ2) is 11.6. The van der Waals surface area contributed by atoms with Gasteiger partial charge in [-0.25, -0.2) is 4.99 Å². The summed E-state index contributed by atoms with van der Waals surface area (Å²) in [6.45, 7) is 3.58. The van der Waals surface area contributed by atoms with Crippen LogP contribution in [0.5, 0.6) is 0 Å². The van der Waals surface area contributed by atoms with Gasteiger partial charge in [0, 0.05) is 6.92 Å². The van der Waals surface area contributed by atoms with E-state index >= 15 is 0 Å². The summed E-state index contributed by atoms with van der Waals surface area (Å²) in [6.07, 6.45) is -1.61. The Kier molecular flexibility index (Phi) is 7.85. The topological polar surface area (TPSA) is 58.5 Å². The van der Waals surface area contributed by atoms with Crippen LogP contribution in [0.1, 0.15) is 23.6 Å². The van der Waals surface area contributed by atoms with Gasteiger partial charge in [-0.2, -0.15) is 0 Å². The van der Waals surface area contributed by atoms with Crippen molar-refractivity contribution in [3.05, 3.63) is 108 Å². The van der Waals surface area contributed by atoms with E-state index in [1.54, 1.807) is 0 Å². The van der Waals surface area contributed by atoms with Crippen LogP contribution in [0.3, 0.4) is 0 Å². The van der Waals surface area contributed by atoms with Gasteiger partial charge in [0.05, 0.1) is 26.4 Å². The third kappa shape index (κ3) is 6.16. The molecule has 1 saturated heterocycles. The molecule has 0 aromatic heterocycles. The van der Waals surface area contributed by atoms with Crippen molar-refractivity contribution in [1.82, 2.24) is 0 Å². The molecular formula is C29H31NO5. The maximum atomic E-state index is 6.48. The second-order valence-electron chi connectivity index (χ2n) is 8.82. The zero-order chi connectivity index (χ0) is 23.9. The molecule has 6 heteroatoms. The molecule has 182 valence electrons. The minimum Gasteiger partial charge on any atom is -0.450 e. The highest BCUT2D eigenvalue weighted by Gasteiger charge is 2.51. The van der Waals surface area contributed by atoms with E-state index in [1.165, 1.54) is 0 Å². The predicted molar refractivity (Wildman–Crippen MR) is 133 cm³/mol.